The van der Waals surface area contributed by atoms with E-state index in [9.17, 15) is 4.79 Å². The van der Waals surface area contributed by atoms with Crippen molar-refractivity contribution in [2.75, 3.05) is 26.2 Å². The van der Waals surface area contributed by atoms with E-state index in [0.717, 1.165) is 38.9 Å². The van der Waals surface area contributed by atoms with Crippen LogP contribution in [0.4, 0.5) is 4.79 Å². The molecular formula is C14H27N3O2. The molecule has 1 aliphatic carbocycles. The number of carbonyl (C=O) groups excluding carboxylic acids is 1. The molecule has 5 heteroatoms. The van der Waals surface area contributed by atoms with E-state index in [1.165, 1.54) is 0 Å². The summed E-state index contributed by atoms with van der Waals surface area (Å²) in [5, 5.41) is 0. The molecule has 1 amide bonds. The highest BCUT2D eigenvalue weighted by Crippen LogP contribution is 2.32. The van der Waals surface area contributed by atoms with Crippen molar-refractivity contribution in [2.24, 2.45) is 5.73 Å². The Morgan fingerprint density at radius 1 is 1.32 bits per heavy atom. The van der Waals surface area contributed by atoms with Gasteiger partial charge in [-0.1, -0.05) is 0 Å². The zero-order chi connectivity index (χ0) is 14.0. The molecule has 0 unspecified atom stereocenters. The maximum Gasteiger partial charge on any atom is 0.410 e. The van der Waals surface area contributed by atoms with Gasteiger partial charge in [-0.05, 0) is 40.0 Å². The smallest absolute Gasteiger partial charge is 0.410 e. The van der Waals surface area contributed by atoms with E-state index in [0.29, 0.717) is 18.6 Å². The second kappa shape index (κ2) is 5.67. The summed E-state index contributed by atoms with van der Waals surface area (Å²) in [5.41, 5.74) is 5.18. The van der Waals surface area contributed by atoms with Gasteiger partial charge < -0.3 is 15.4 Å². The molecule has 0 aromatic heterocycles. The minimum absolute atomic E-state index is 0.144. The summed E-state index contributed by atoms with van der Waals surface area (Å²) in [6.07, 6.45) is 3.13. The second-order valence-electron chi connectivity index (χ2n) is 6.65. The van der Waals surface area contributed by atoms with Gasteiger partial charge in [-0.2, -0.15) is 0 Å². The lowest BCUT2D eigenvalue weighted by Crippen LogP contribution is -2.46. The molecule has 1 saturated heterocycles. The number of hydrogen-bond acceptors (Lipinski definition) is 4. The van der Waals surface area contributed by atoms with Crippen molar-refractivity contribution < 1.29 is 9.53 Å². The van der Waals surface area contributed by atoms with E-state index in [2.05, 4.69) is 4.90 Å². The lowest BCUT2D eigenvalue weighted by molar-refractivity contribution is 0.0148. The highest BCUT2D eigenvalue weighted by atomic mass is 16.6. The van der Waals surface area contributed by atoms with Crippen LogP contribution in [-0.2, 0) is 4.74 Å². The number of nitrogens with zero attached hydrogens (tertiary/aromatic N) is 2. The van der Waals surface area contributed by atoms with Crippen LogP contribution in [0.3, 0.4) is 0 Å². The molecule has 1 saturated carbocycles. The van der Waals surface area contributed by atoms with Crippen LogP contribution in [0.2, 0.25) is 0 Å². The summed E-state index contributed by atoms with van der Waals surface area (Å²) in [6.45, 7) is 9.34. The van der Waals surface area contributed by atoms with E-state index in [4.69, 9.17) is 10.5 Å². The topological polar surface area (TPSA) is 58.8 Å². The fourth-order valence-corrected chi connectivity index (χ4v) is 2.69. The van der Waals surface area contributed by atoms with Crippen molar-refractivity contribution in [1.82, 2.24) is 9.80 Å². The van der Waals surface area contributed by atoms with Gasteiger partial charge in [-0.15, -0.1) is 0 Å². The standard InChI is InChI=1S/C14H27N3O2/c1-14(2,3)19-13(18)17(11-4-5-11)12-6-8-16(10-12)9-7-15/h11-12H,4-10,15H2,1-3H3/t12-/m1/s1. The van der Waals surface area contributed by atoms with Crippen LogP contribution in [0.15, 0.2) is 0 Å². The second-order valence-corrected chi connectivity index (χ2v) is 6.65. The third kappa shape index (κ3) is 4.08. The van der Waals surface area contributed by atoms with E-state index in [1.54, 1.807) is 0 Å². The van der Waals surface area contributed by atoms with Gasteiger partial charge in [0.25, 0.3) is 0 Å². The number of nitrogens with two attached hydrogens (primary N) is 1. The first-order valence-electron chi connectivity index (χ1n) is 7.34. The van der Waals surface area contributed by atoms with Crippen molar-refractivity contribution in [2.45, 2.75) is 57.7 Å². The largest absolute Gasteiger partial charge is 0.444 e. The van der Waals surface area contributed by atoms with Crippen LogP contribution < -0.4 is 5.73 Å². The Morgan fingerprint density at radius 3 is 2.53 bits per heavy atom. The predicted octanol–water partition coefficient (Wildman–Crippen LogP) is 1.42. The molecule has 0 spiro atoms. The summed E-state index contributed by atoms with van der Waals surface area (Å²) < 4.78 is 5.55. The zero-order valence-electron chi connectivity index (χ0n) is 12.4. The molecular weight excluding hydrogens is 242 g/mol. The van der Waals surface area contributed by atoms with Crippen LogP contribution in [0.1, 0.15) is 40.0 Å². The van der Waals surface area contributed by atoms with Gasteiger partial charge in [0.2, 0.25) is 0 Å². The number of carbonyl (C=O) groups is 1. The first-order chi connectivity index (χ1) is 8.90. The van der Waals surface area contributed by atoms with Crippen LogP contribution in [0, 0.1) is 0 Å². The molecule has 0 aromatic carbocycles. The molecule has 2 fully saturated rings. The average Bonchev–Trinajstić information content (AvgIpc) is 2.98. The van der Waals surface area contributed by atoms with Gasteiger partial charge in [0.1, 0.15) is 5.60 Å². The summed E-state index contributed by atoms with van der Waals surface area (Å²) in [6, 6.07) is 0.701. The van der Waals surface area contributed by atoms with Gasteiger partial charge >= 0.3 is 6.09 Å². The van der Waals surface area contributed by atoms with E-state index in [1.807, 2.05) is 25.7 Å². The SMILES string of the molecule is CC(C)(C)OC(=O)N(C1CC1)[C@@H]1CCN(CCN)C1. The van der Waals surface area contributed by atoms with E-state index < -0.39 is 5.60 Å². The number of hydrogen-bond donors (Lipinski definition) is 1. The maximum absolute atomic E-state index is 12.4. The molecule has 1 heterocycles. The molecule has 1 aliphatic heterocycles. The van der Waals surface area contributed by atoms with Crippen molar-refractivity contribution in [3.8, 4) is 0 Å². The summed E-state index contributed by atoms with van der Waals surface area (Å²) >= 11 is 0. The number of rotatable bonds is 4. The summed E-state index contributed by atoms with van der Waals surface area (Å²) in [5.74, 6) is 0. The lowest BCUT2D eigenvalue weighted by atomic mass is 10.2. The summed E-state index contributed by atoms with van der Waals surface area (Å²) in [4.78, 5) is 16.7. The quantitative estimate of drug-likeness (QED) is 0.838. The van der Waals surface area contributed by atoms with Gasteiger partial charge in [-0.25, -0.2) is 4.79 Å². The van der Waals surface area contributed by atoms with Gasteiger partial charge in [0.15, 0.2) is 0 Å². The molecule has 0 radical (unpaired) electrons. The van der Waals surface area contributed by atoms with Crippen molar-refractivity contribution in [1.29, 1.82) is 0 Å². The first-order valence-corrected chi connectivity index (χ1v) is 7.34. The normalized spacial score (nSPS) is 24.5. The zero-order valence-corrected chi connectivity index (χ0v) is 12.4. The Bertz CT molecular complexity index is 323. The highest BCUT2D eigenvalue weighted by Gasteiger charge is 2.41. The number of amides is 1. The van der Waals surface area contributed by atoms with Crippen molar-refractivity contribution in [3.63, 3.8) is 0 Å². The van der Waals surface area contributed by atoms with E-state index in [-0.39, 0.29) is 6.09 Å². The first kappa shape index (κ1) is 14.6. The van der Waals surface area contributed by atoms with Crippen LogP contribution >= 0.6 is 0 Å². The van der Waals surface area contributed by atoms with Crippen LogP contribution in [0.25, 0.3) is 0 Å². The molecule has 0 aromatic rings. The van der Waals surface area contributed by atoms with E-state index >= 15 is 0 Å². The third-order valence-electron chi connectivity index (χ3n) is 3.63. The lowest BCUT2D eigenvalue weighted by Gasteiger charge is -2.31. The van der Waals surface area contributed by atoms with Crippen molar-refractivity contribution >= 4 is 6.09 Å². The van der Waals surface area contributed by atoms with Crippen LogP contribution in [-0.4, -0.2) is 59.8 Å². The molecule has 110 valence electrons. The van der Waals surface area contributed by atoms with Gasteiger partial charge in [0.05, 0.1) is 0 Å². The Kier molecular flexibility index (Phi) is 4.36. The number of likely N-dealkylation sites (tertiary alicyclic amines) is 1. The highest BCUT2D eigenvalue weighted by molar-refractivity contribution is 5.69. The predicted molar refractivity (Wildman–Crippen MR) is 75.0 cm³/mol. The fraction of sp³-hybridized carbons (Fsp3) is 0.929. The minimum Gasteiger partial charge on any atom is -0.444 e. The van der Waals surface area contributed by atoms with Crippen LogP contribution in [0.5, 0.6) is 0 Å². The monoisotopic (exact) mass is 269 g/mol. The molecule has 2 N–H and O–H groups in total. The third-order valence-corrected chi connectivity index (χ3v) is 3.63. The Morgan fingerprint density at radius 2 is 2.00 bits per heavy atom. The Balaban J connectivity index is 1.95. The Labute approximate surface area is 116 Å². The number of ether oxygens (including phenoxy) is 1. The fourth-order valence-electron chi connectivity index (χ4n) is 2.69. The van der Waals surface area contributed by atoms with Crippen molar-refractivity contribution in [3.05, 3.63) is 0 Å². The molecule has 5 nitrogen and oxygen atoms in total. The molecule has 2 aliphatic rings. The Hall–Kier alpha value is -0.810. The summed E-state index contributed by atoms with van der Waals surface area (Å²) in [7, 11) is 0. The van der Waals surface area contributed by atoms with Gasteiger partial charge in [0, 0.05) is 38.3 Å². The molecule has 2 rings (SSSR count). The molecule has 0 bridgehead atoms. The average molecular weight is 269 g/mol. The van der Waals surface area contributed by atoms with Gasteiger partial charge in [-0.3, -0.25) is 4.90 Å². The maximum atomic E-state index is 12.4. The molecule has 19 heavy (non-hydrogen) atoms. The molecule has 1 atom stereocenters. The minimum atomic E-state index is -0.417.